The summed E-state index contributed by atoms with van der Waals surface area (Å²) in [5, 5.41) is 14.6. The lowest BCUT2D eigenvalue weighted by Crippen LogP contribution is -2.30. The molecule has 0 radical (unpaired) electrons. The van der Waals surface area contributed by atoms with E-state index < -0.39 is 28.2 Å². The van der Waals surface area contributed by atoms with E-state index in [1.54, 1.807) is 0 Å². The van der Waals surface area contributed by atoms with Gasteiger partial charge in [0.05, 0.1) is 11.6 Å². The molecule has 1 N–H and O–H groups in total. The normalized spacial score (nSPS) is 12.4. The van der Waals surface area contributed by atoms with E-state index >= 15 is 0 Å². The van der Waals surface area contributed by atoms with Gasteiger partial charge in [-0.15, -0.1) is 0 Å². The van der Waals surface area contributed by atoms with Crippen molar-refractivity contribution in [2.75, 3.05) is 6.66 Å². The van der Waals surface area contributed by atoms with Crippen LogP contribution >= 0.6 is 7.26 Å². The molecule has 0 saturated carbocycles. The molecule has 4 rings (SSSR count). The Bertz CT molecular complexity index is 1350. The first-order valence-electron chi connectivity index (χ1n) is 12.9. The third-order valence-electron chi connectivity index (χ3n) is 6.81. The summed E-state index contributed by atoms with van der Waals surface area (Å²) in [5.74, 6) is 0.0624. The molecule has 0 aromatic heterocycles. The largest absolute Gasteiger partial charge is 0.744 e. The summed E-state index contributed by atoms with van der Waals surface area (Å²) in [6, 6.07) is 35.2. The Morgan fingerprint density at radius 1 is 0.615 bits per heavy atom. The van der Waals surface area contributed by atoms with Crippen LogP contribution in [0.1, 0.15) is 52.7 Å². The maximum Gasteiger partial charge on any atom is 0.124 e. The summed E-state index contributed by atoms with van der Waals surface area (Å²) >= 11 is 0. The molecule has 0 bridgehead atoms. The van der Waals surface area contributed by atoms with E-state index in [2.05, 4.69) is 97.7 Å². The van der Waals surface area contributed by atoms with Gasteiger partial charge >= 0.3 is 0 Å². The topological polar surface area (TPSA) is 77.4 Å². The molecule has 206 valence electrons. The highest BCUT2D eigenvalue weighted by atomic mass is 32.2. The average Bonchev–Trinajstić information content (AvgIpc) is 2.88. The molecule has 4 nitrogen and oxygen atoms in total. The zero-order chi connectivity index (χ0) is 29.1. The van der Waals surface area contributed by atoms with Crippen molar-refractivity contribution in [1.29, 1.82) is 0 Å². The third kappa shape index (κ3) is 7.16. The van der Waals surface area contributed by atoms with Crippen molar-refractivity contribution in [3.05, 3.63) is 114 Å². The van der Waals surface area contributed by atoms with E-state index in [-0.39, 0.29) is 10.6 Å². The Labute approximate surface area is 234 Å². The summed E-state index contributed by atoms with van der Waals surface area (Å²) in [4.78, 5) is -0.292. The summed E-state index contributed by atoms with van der Waals surface area (Å²) in [6.45, 7) is 13.6. The van der Waals surface area contributed by atoms with E-state index in [4.69, 9.17) is 0 Å². The van der Waals surface area contributed by atoms with Crippen LogP contribution in [0.3, 0.4) is 0 Å². The van der Waals surface area contributed by atoms with Crippen molar-refractivity contribution in [1.82, 2.24) is 0 Å². The van der Waals surface area contributed by atoms with E-state index in [1.807, 2.05) is 41.5 Å². The summed E-state index contributed by atoms with van der Waals surface area (Å²) in [5.41, 5.74) is 0.0268. The predicted molar refractivity (Wildman–Crippen MR) is 165 cm³/mol. The molecule has 0 aliphatic rings. The maximum absolute atomic E-state index is 11.3. The van der Waals surface area contributed by atoms with Crippen molar-refractivity contribution in [3.63, 3.8) is 0 Å². The van der Waals surface area contributed by atoms with Gasteiger partial charge in [-0.2, -0.15) is 0 Å². The van der Waals surface area contributed by atoms with E-state index in [0.29, 0.717) is 11.1 Å². The minimum Gasteiger partial charge on any atom is -0.744 e. The molecule has 0 aliphatic carbocycles. The van der Waals surface area contributed by atoms with Crippen LogP contribution in [0.5, 0.6) is 5.75 Å². The van der Waals surface area contributed by atoms with Crippen LogP contribution in [0.2, 0.25) is 0 Å². The van der Waals surface area contributed by atoms with Gasteiger partial charge in [0.25, 0.3) is 0 Å². The van der Waals surface area contributed by atoms with Crippen LogP contribution in [-0.4, -0.2) is 24.7 Å². The Morgan fingerprint density at radius 2 is 0.897 bits per heavy atom. The van der Waals surface area contributed by atoms with E-state index in [9.17, 15) is 18.1 Å². The highest BCUT2D eigenvalue weighted by Gasteiger charge is 2.39. The molecule has 0 amide bonds. The minimum atomic E-state index is -4.55. The molecule has 4 aromatic rings. The minimum absolute atomic E-state index is 0.0624. The zero-order valence-corrected chi connectivity index (χ0v) is 25.6. The number of phenols is 1. The lowest BCUT2D eigenvalue weighted by molar-refractivity contribution is 0.420. The van der Waals surface area contributed by atoms with Gasteiger partial charge in [0.2, 0.25) is 0 Å². The van der Waals surface area contributed by atoms with Crippen LogP contribution in [0.4, 0.5) is 0 Å². The second kappa shape index (κ2) is 11.6. The first-order valence-corrected chi connectivity index (χ1v) is 16.6. The van der Waals surface area contributed by atoms with Crippen molar-refractivity contribution in [2.24, 2.45) is 0 Å². The number of hydrogen-bond donors (Lipinski definition) is 1. The third-order valence-corrected chi connectivity index (χ3v) is 11.6. The summed E-state index contributed by atoms with van der Waals surface area (Å²) < 4.78 is 33.8. The van der Waals surface area contributed by atoms with Gasteiger partial charge in [0.1, 0.15) is 39.0 Å². The van der Waals surface area contributed by atoms with Gasteiger partial charge in [0.15, 0.2) is 0 Å². The van der Waals surface area contributed by atoms with Crippen LogP contribution in [0.25, 0.3) is 0 Å². The highest BCUT2D eigenvalue weighted by molar-refractivity contribution is 7.95. The standard InChI is InChI=1S/C19H18P.C14H22O4S/c1-20(17-11-5-2-6-12-17,18-13-7-3-8-14-18)19-15-9-4-10-16-19;1-13(2,3)10-7-9(19(16,17)18)8-11(12(10)15)14(4,5)6/h2-16H,1H3;7-8,15H,1-6H3,(H,16,17,18)/q+1;/p-1. The molecule has 4 aromatic carbocycles. The predicted octanol–water partition coefficient (Wildman–Crippen LogP) is 6.50. The Hall–Kier alpha value is -2.98. The quantitative estimate of drug-likeness (QED) is 0.228. The van der Waals surface area contributed by atoms with Gasteiger partial charge in [-0.05, 0) is 59.4 Å². The van der Waals surface area contributed by atoms with Crippen molar-refractivity contribution in [3.8, 4) is 5.75 Å². The fourth-order valence-corrected chi connectivity index (χ4v) is 8.25. The van der Waals surface area contributed by atoms with E-state index in [0.717, 1.165) is 0 Å². The number of aromatic hydroxyl groups is 1. The molecule has 39 heavy (non-hydrogen) atoms. The Kier molecular flexibility index (Phi) is 9.12. The molecule has 0 spiro atoms. The zero-order valence-electron chi connectivity index (χ0n) is 23.8. The first kappa shape index (κ1) is 30.6. The fourth-order valence-electron chi connectivity index (χ4n) is 4.52. The number of benzene rings is 4. The summed E-state index contributed by atoms with van der Waals surface area (Å²) in [6.07, 6.45) is 0. The molecular weight excluding hydrogens is 523 g/mol. The smallest absolute Gasteiger partial charge is 0.124 e. The van der Waals surface area contributed by atoms with Crippen LogP contribution in [0, 0.1) is 0 Å². The Balaban J connectivity index is 0.000000216. The lowest BCUT2D eigenvalue weighted by Gasteiger charge is -2.28. The van der Waals surface area contributed by atoms with Crippen LogP contribution < -0.4 is 15.9 Å². The van der Waals surface area contributed by atoms with Crippen molar-refractivity contribution in [2.45, 2.75) is 57.3 Å². The fraction of sp³-hybridized carbons (Fsp3) is 0.273. The number of hydrogen-bond acceptors (Lipinski definition) is 4. The van der Waals surface area contributed by atoms with Gasteiger partial charge in [-0.25, -0.2) is 8.42 Å². The average molecular weight is 563 g/mol. The van der Waals surface area contributed by atoms with Crippen LogP contribution in [0.15, 0.2) is 108 Å². The molecule has 0 unspecified atom stereocenters. The molecule has 0 heterocycles. The molecule has 0 atom stereocenters. The first-order chi connectivity index (χ1) is 18.1. The van der Waals surface area contributed by atoms with Gasteiger partial charge in [-0.1, -0.05) is 96.1 Å². The second-order valence-electron chi connectivity index (χ2n) is 11.8. The molecule has 0 saturated heterocycles. The monoisotopic (exact) mass is 562 g/mol. The van der Waals surface area contributed by atoms with Gasteiger partial charge < -0.3 is 9.66 Å². The number of rotatable bonds is 4. The lowest BCUT2D eigenvalue weighted by atomic mass is 9.79. The molecule has 0 fully saturated rings. The van der Waals surface area contributed by atoms with Crippen molar-refractivity contribution >= 4 is 33.3 Å². The summed E-state index contributed by atoms with van der Waals surface area (Å²) in [7, 11) is -6.07. The second-order valence-corrected chi connectivity index (χ2v) is 16.8. The van der Waals surface area contributed by atoms with Gasteiger partial charge in [-0.3, -0.25) is 0 Å². The molecular formula is C33H39O4PS. The number of phenolic OH excluding ortho intramolecular Hbond substituents is 1. The SMILES string of the molecule is CC(C)(C)c1cc(S(=O)(=O)[O-])cc(C(C)(C)C)c1O.C[P+](c1ccccc1)(c1ccccc1)c1ccccc1. The maximum atomic E-state index is 11.3. The molecule has 6 heteroatoms. The van der Waals surface area contributed by atoms with Gasteiger partial charge in [0, 0.05) is 11.1 Å². The molecule has 0 aliphatic heterocycles. The van der Waals surface area contributed by atoms with E-state index in [1.165, 1.54) is 28.0 Å². The van der Waals surface area contributed by atoms with Crippen LogP contribution in [-0.2, 0) is 20.9 Å². The highest BCUT2D eigenvalue weighted by Crippen LogP contribution is 2.51. The Morgan fingerprint density at radius 3 is 1.13 bits per heavy atom. The van der Waals surface area contributed by atoms with Crippen molar-refractivity contribution < 1.29 is 18.1 Å².